The highest BCUT2D eigenvalue weighted by Gasteiger charge is 2.27. The van der Waals surface area contributed by atoms with Crippen LogP contribution in [0.5, 0.6) is 0 Å². The van der Waals surface area contributed by atoms with E-state index in [1.807, 2.05) is 19.4 Å². The first-order valence-corrected chi connectivity index (χ1v) is 6.51. The largest absolute Gasteiger partial charge is 0.376 e. The Bertz CT molecular complexity index is 530. The summed E-state index contributed by atoms with van der Waals surface area (Å²) in [5.74, 6) is 0. The van der Waals surface area contributed by atoms with Crippen LogP contribution >= 0.6 is 0 Å². The van der Waals surface area contributed by atoms with Gasteiger partial charge in [-0.1, -0.05) is 18.2 Å². The zero-order valence-electron chi connectivity index (χ0n) is 10.6. The Morgan fingerprint density at radius 2 is 2.33 bits per heavy atom. The maximum atomic E-state index is 5.83. The molecule has 2 atom stereocenters. The standard InChI is InChI=1S/C15H18N2O/c1-16-15(14-6-3-9-18-14)12-5-2-4-11-7-8-17-10-13(11)12/h2,4-5,7-8,10,14-16H,3,6,9H2,1H3. The van der Waals surface area contributed by atoms with Crippen LogP contribution in [-0.2, 0) is 4.74 Å². The molecule has 3 nitrogen and oxygen atoms in total. The molecule has 1 aromatic heterocycles. The monoisotopic (exact) mass is 242 g/mol. The van der Waals surface area contributed by atoms with Crippen LogP contribution < -0.4 is 5.32 Å². The van der Waals surface area contributed by atoms with Gasteiger partial charge in [-0.3, -0.25) is 4.98 Å². The molecule has 2 unspecified atom stereocenters. The highest BCUT2D eigenvalue weighted by Crippen LogP contribution is 2.30. The van der Waals surface area contributed by atoms with Gasteiger partial charge >= 0.3 is 0 Å². The number of pyridine rings is 1. The summed E-state index contributed by atoms with van der Waals surface area (Å²) in [5, 5.41) is 5.85. The zero-order chi connectivity index (χ0) is 12.4. The summed E-state index contributed by atoms with van der Waals surface area (Å²) in [5.41, 5.74) is 1.29. The molecule has 1 fully saturated rings. The molecule has 0 saturated carbocycles. The average molecular weight is 242 g/mol. The van der Waals surface area contributed by atoms with Crippen molar-refractivity contribution in [2.24, 2.45) is 0 Å². The molecular weight excluding hydrogens is 224 g/mol. The van der Waals surface area contributed by atoms with Crippen molar-refractivity contribution in [1.82, 2.24) is 10.3 Å². The molecule has 2 aromatic rings. The predicted molar refractivity (Wildman–Crippen MR) is 72.5 cm³/mol. The van der Waals surface area contributed by atoms with Crippen molar-refractivity contribution in [3.63, 3.8) is 0 Å². The van der Waals surface area contributed by atoms with Crippen LogP contribution in [0.2, 0.25) is 0 Å². The number of benzene rings is 1. The Morgan fingerprint density at radius 3 is 3.11 bits per heavy atom. The van der Waals surface area contributed by atoms with E-state index in [1.165, 1.54) is 16.3 Å². The Hall–Kier alpha value is -1.45. The molecule has 1 aliphatic rings. The van der Waals surface area contributed by atoms with Gasteiger partial charge in [0.25, 0.3) is 0 Å². The van der Waals surface area contributed by atoms with Crippen LogP contribution in [0, 0.1) is 0 Å². The minimum absolute atomic E-state index is 0.250. The molecule has 0 radical (unpaired) electrons. The smallest absolute Gasteiger partial charge is 0.0770 e. The number of hydrogen-bond donors (Lipinski definition) is 1. The van der Waals surface area contributed by atoms with Crippen molar-refractivity contribution < 1.29 is 4.74 Å². The number of hydrogen-bond acceptors (Lipinski definition) is 3. The van der Waals surface area contributed by atoms with Crippen molar-refractivity contribution >= 4 is 10.8 Å². The third-order valence-corrected chi connectivity index (χ3v) is 3.70. The lowest BCUT2D eigenvalue weighted by Gasteiger charge is -2.24. The normalized spacial score (nSPS) is 21.3. The third-order valence-electron chi connectivity index (χ3n) is 3.70. The first-order valence-electron chi connectivity index (χ1n) is 6.51. The first-order chi connectivity index (χ1) is 8.90. The fourth-order valence-electron chi connectivity index (χ4n) is 2.82. The second-order valence-electron chi connectivity index (χ2n) is 4.76. The maximum absolute atomic E-state index is 5.83. The van der Waals surface area contributed by atoms with Crippen LogP contribution in [0.1, 0.15) is 24.4 Å². The lowest BCUT2D eigenvalue weighted by molar-refractivity contribution is 0.0812. The number of likely N-dealkylation sites (N-methyl/N-ethyl adjacent to an activating group) is 1. The van der Waals surface area contributed by atoms with E-state index in [-0.39, 0.29) is 12.1 Å². The number of nitrogens with zero attached hydrogens (tertiary/aromatic N) is 1. The van der Waals surface area contributed by atoms with E-state index >= 15 is 0 Å². The molecule has 1 N–H and O–H groups in total. The Morgan fingerprint density at radius 1 is 1.39 bits per heavy atom. The molecule has 2 heterocycles. The van der Waals surface area contributed by atoms with Gasteiger partial charge in [0.15, 0.2) is 0 Å². The minimum Gasteiger partial charge on any atom is -0.376 e. The van der Waals surface area contributed by atoms with Crippen molar-refractivity contribution in [2.45, 2.75) is 25.0 Å². The molecule has 1 saturated heterocycles. The summed E-state index contributed by atoms with van der Waals surface area (Å²) in [4.78, 5) is 4.25. The van der Waals surface area contributed by atoms with Gasteiger partial charge in [0.05, 0.1) is 12.1 Å². The maximum Gasteiger partial charge on any atom is 0.0770 e. The van der Waals surface area contributed by atoms with Crippen molar-refractivity contribution in [3.8, 4) is 0 Å². The lowest BCUT2D eigenvalue weighted by atomic mass is 9.95. The molecule has 0 bridgehead atoms. The number of rotatable bonds is 3. The van der Waals surface area contributed by atoms with Crippen LogP contribution in [0.15, 0.2) is 36.7 Å². The van der Waals surface area contributed by atoms with E-state index in [0.29, 0.717) is 0 Å². The van der Waals surface area contributed by atoms with E-state index in [1.54, 1.807) is 0 Å². The second-order valence-corrected chi connectivity index (χ2v) is 4.76. The van der Waals surface area contributed by atoms with Crippen LogP contribution in [-0.4, -0.2) is 24.7 Å². The van der Waals surface area contributed by atoms with Gasteiger partial charge in [0, 0.05) is 24.4 Å². The first kappa shape index (κ1) is 11.6. The minimum atomic E-state index is 0.250. The Kier molecular flexibility index (Phi) is 3.26. The van der Waals surface area contributed by atoms with E-state index < -0.39 is 0 Å². The number of ether oxygens (including phenoxy) is 1. The van der Waals surface area contributed by atoms with Gasteiger partial charge in [-0.2, -0.15) is 0 Å². The third kappa shape index (κ3) is 2.00. The second kappa shape index (κ2) is 5.04. The van der Waals surface area contributed by atoms with E-state index in [9.17, 15) is 0 Å². The van der Waals surface area contributed by atoms with Gasteiger partial charge in [0.1, 0.15) is 0 Å². The van der Waals surface area contributed by atoms with Crippen molar-refractivity contribution in [1.29, 1.82) is 0 Å². The average Bonchev–Trinajstić information content (AvgIpc) is 2.94. The van der Waals surface area contributed by atoms with Crippen LogP contribution in [0.25, 0.3) is 10.8 Å². The molecule has 1 aromatic carbocycles. The van der Waals surface area contributed by atoms with Gasteiger partial charge in [-0.05, 0) is 36.9 Å². The molecule has 0 amide bonds. The Balaban J connectivity index is 2.06. The quantitative estimate of drug-likeness (QED) is 0.898. The lowest BCUT2D eigenvalue weighted by Crippen LogP contribution is -2.29. The summed E-state index contributed by atoms with van der Waals surface area (Å²) in [7, 11) is 2.00. The van der Waals surface area contributed by atoms with E-state index in [0.717, 1.165) is 19.4 Å². The van der Waals surface area contributed by atoms with Crippen LogP contribution in [0.4, 0.5) is 0 Å². The fourth-order valence-corrected chi connectivity index (χ4v) is 2.82. The number of fused-ring (bicyclic) bond motifs is 1. The number of nitrogens with one attached hydrogen (secondary N) is 1. The summed E-state index contributed by atoms with van der Waals surface area (Å²) in [6.07, 6.45) is 6.35. The summed E-state index contributed by atoms with van der Waals surface area (Å²) >= 11 is 0. The highest BCUT2D eigenvalue weighted by molar-refractivity contribution is 5.85. The summed E-state index contributed by atoms with van der Waals surface area (Å²) in [6, 6.07) is 8.72. The van der Waals surface area contributed by atoms with Gasteiger partial charge in [-0.25, -0.2) is 0 Å². The van der Waals surface area contributed by atoms with Crippen LogP contribution in [0.3, 0.4) is 0 Å². The molecule has 0 aliphatic carbocycles. The summed E-state index contributed by atoms with van der Waals surface area (Å²) < 4.78 is 5.83. The zero-order valence-corrected chi connectivity index (χ0v) is 10.6. The SMILES string of the molecule is CNC(c1cccc2ccncc12)C1CCCO1. The topological polar surface area (TPSA) is 34.2 Å². The van der Waals surface area contributed by atoms with Crippen molar-refractivity contribution in [2.75, 3.05) is 13.7 Å². The Labute approximate surface area is 107 Å². The molecule has 1 aliphatic heterocycles. The summed E-state index contributed by atoms with van der Waals surface area (Å²) in [6.45, 7) is 0.881. The molecule has 3 rings (SSSR count). The van der Waals surface area contributed by atoms with Crippen molar-refractivity contribution in [3.05, 3.63) is 42.2 Å². The van der Waals surface area contributed by atoms with Gasteiger partial charge in [0.2, 0.25) is 0 Å². The molecule has 0 spiro atoms. The molecular formula is C15H18N2O. The fraction of sp³-hybridized carbons (Fsp3) is 0.400. The van der Waals surface area contributed by atoms with E-state index in [2.05, 4.69) is 34.6 Å². The molecule has 3 heteroatoms. The molecule has 94 valence electrons. The van der Waals surface area contributed by atoms with Gasteiger partial charge in [-0.15, -0.1) is 0 Å². The molecule has 18 heavy (non-hydrogen) atoms. The van der Waals surface area contributed by atoms with E-state index in [4.69, 9.17) is 4.74 Å². The predicted octanol–water partition coefficient (Wildman–Crippen LogP) is 2.67. The van der Waals surface area contributed by atoms with Gasteiger partial charge < -0.3 is 10.1 Å². The highest BCUT2D eigenvalue weighted by atomic mass is 16.5. The number of aromatic nitrogens is 1.